The number of carbonyl (C=O) groups is 1. The number of carbonyl (C=O) groups excluding carboxylic acids is 1. The van der Waals surface area contributed by atoms with Gasteiger partial charge in [-0.2, -0.15) is 0 Å². The zero-order chi connectivity index (χ0) is 18.6. The largest absolute Gasteiger partial charge is 0.325 e. The van der Waals surface area contributed by atoms with Crippen LogP contribution in [-0.2, 0) is 14.8 Å². The third-order valence-electron chi connectivity index (χ3n) is 3.64. The molecule has 0 saturated carbocycles. The van der Waals surface area contributed by atoms with Crippen LogP contribution in [0, 0.1) is 13.8 Å². The summed E-state index contributed by atoms with van der Waals surface area (Å²) in [5.41, 5.74) is 2.66. The molecule has 0 radical (unpaired) electrons. The third-order valence-corrected chi connectivity index (χ3v) is 5.02. The fraction of sp³-hybridized carbons (Fsp3) is 0.278. The predicted molar refractivity (Wildman–Crippen MR) is 100 cm³/mol. The molecule has 7 heteroatoms. The fourth-order valence-corrected chi connectivity index (χ4v) is 3.40. The van der Waals surface area contributed by atoms with Gasteiger partial charge in [-0.15, -0.1) is 0 Å². The molecular formula is C18H23N3O3S. The first-order valence-electron chi connectivity index (χ1n) is 7.83. The summed E-state index contributed by atoms with van der Waals surface area (Å²) in [6, 6.07) is 11.7. The molecule has 0 fully saturated rings. The highest BCUT2D eigenvalue weighted by Gasteiger charge is 2.16. The minimum Gasteiger partial charge on any atom is -0.325 e. The van der Waals surface area contributed by atoms with E-state index in [1.165, 1.54) is 0 Å². The van der Waals surface area contributed by atoms with Crippen molar-refractivity contribution in [2.24, 2.45) is 0 Å². The minimum atomic E-state index is -3.69. The molecule has 2 aromatic carbocycles. The summed E-state index contributed by atoms with van der Waals surface area (Å²) < 4.78 is 27.7. The second kappa shape index (κ2) is 7.67. The molecule has 134 valence electrons. The molecule has 2 aromatic rings. The van der Waals surface area contributed by atoms with E-state index in [4.69, 9.17) is 0 Å². The van der Waals surface area contributed by atoms with Gasteiger partial charge in [-0.25, -0.2) is 8.42 Å². The van der Waals surface area contributed by atoms with Gasteiger partial charge in [0.25, 0.3) is 10.0 Å². The molecular weight excluding hydrogens is 338 g/mol. The summed E-state index contributed by atoms with van der Waals surface area (Å²) in [6.45, 7) is 3.91. The number of benzene rings is 2. The van der Waals surface area contributed by atoms with Crippen molar-refractivity contribution in [3.63, 3.8) is 0 Å². The van der Waals surface area contributed by atoms with E-state index in [2.05, 4.69) is 10.0 Å². The van der Waals surface area contributed by atoms with Crippen molar-refractivity contribution in [1.29, 1.82) is 0 Å². The second-order valence-electron chi connectivity index (χ2n) is 6.18. The van der Waals surface area contributed by atoms with E-state index in [0.29, 0.717) is 16.9 Å². The SMILES string of the molecule is Cc1ccc(S(=O)(=O)Nc2cccc(NC(=O)CN(C)C)c2C)cc1. The van der Waals surface area contributed by atoms with Gasteiger partial charge in [-0.1, -0.05) is 23.8 Å². The Kier molecular flexibility index (Phi) is 5.81. The molecule has 2 N–H and O–H groups in total. The summed E-state index contributed by atoms with van der Waals surface area (Å²) in [4.78, 5) is 13.9. The van der Waals surface area contributed by atoms with Gasteiger partial charge in [-0.05, 0) is 57.8 Å². The number of sulfonamides is 1. The van der Waals surface area contributed by atoms with Crippen molar-refractivity contribution in [3.8, 4) is 0 Å². The van der Waals surface area contributed by atoms with E-state index in [0.717, 1.165) is 5.56 Å². The molecule has 0 unspecified atom stereocenters. The Balaban J connectivity index is 2.24. The number of nitrogens with zero attached hydrogens (tertiary/aromatic N) is 1. The van der Waals surface area contributed by atoms with E-state index >= 15 is 0 Å². The van der Waals surface area contributed by atoms with E-state index in [9.17, 15) is 13.2 Å². The van der Waals surface area contributed by atoms with Gasteiger partial charge in [0, 0.05) is 5.69 Å². The molecule has 0 heterocycles. The minimum absolute atomic E-state index is 0.161. The molecule has 0 spiro atoms. The molecule has 2 rings (SSSR count). The highest BCUT2D eigenvalue weighted by Crippen LogP contribution is 2.26. The van der Waals surface area contributed by atoms with Gasteiger partial charge in [0.05, 0.1) is 17.1 Å². The first-order chi connectivity index (χ1) is 11.7. The Morgan fingerprint density at radius 2 is 1.60 bits per heavy atom. The molecule has 0 aliphatic heterocycles. The molecule has 0 bridgehead atoms. The van der Waals surface area contributed by atoms with Crippen LogP contribution in [0.25, 0.3) is 0 Å². The molecule has 0 saturated heterocycles. The first-order valence-corrected chi connectivity index (χ1v) is 9.31. The average molecular weight is 361 g/mol. The molecule has 1 amide bonds. The zero-order valence-corrected chi connectivity index (χ0v) is 15.6. The van der Waals surface area contributed by atoms with Crippen molar-refractivity contribution in [2.45, 2.75) is 18.7 Å². The number of amides is 1. The maximum atomic E-state index is 12.5. The Hall–Kier alpha value is -2.38. The lowest BCUT2D eigenvalue weighted by molar-refractivity contribution is -0.116. The lowest BCUT2D eigenvalue weighted by Crippen LogP contribution is -2.27. The lowest BCUT2D eigenvalue weighted by Gasteiger charge is -2.15. The van der Waals surface area contributed by atoms with E-state index in [1.54, 1.807) is 68.4 Å². The maximum absolute atomic E-state index is 12.5. The van der Waals surface area contributed by atoms with Crippen LogP contribution in [0.3, 0.4) is 0 Å². The van der Waals surface area contributed by atoms with Gasteiger partial charge < -0.3 is 10.2 Å². The number of anilines is 2. The van der Waals surface area contributed by atoms with Crippen LogP contribution in [0.5, 0.6) is 0 Å². The molecule has 0 aliphatic carbocycles. The van der Waals surface area contributed by atoms with Crippen molar-refractivity contribution in [2.75, 3.05) is 30.7 Å². The predicted octanol–water partition coefficient (Wildman–Crippen LogP) is 2.60. The van der Waals surface area contributed by atoms with Crippen LogP contribution in [-0.4, -0.2) is 39.9 Å². The van der Waals surface area contributed by atoms with Crippen LogP contribution in [0.4, 0.5) is 11.4 Å². The lowest BCUT2D eigenvalue weighted by atomic mass is 10.1. The number of rotatable bonds is 6. The van der Waals surface area contributed by atoms with Crippen molar-refractivity contribution in [3.05, 3.63) is 53.6 Å². The van der Waals surface area contributed by atoms with E-state index in [-0.39, 0.29) is 17.3 Å². The van der Waals surface area contributed by atoms with Crippen molar-refractivity contribution < 1.29 is 13.2 Å². The number of aryl methyl sites for hydroxylation is 1. The van der Waals surface area contributed by atoms with Gasteiger partial charge in [0.1, 0.15) is 0 Å². The topological polar surface area (TPSA) is 78.5 Å². The first kappa shape index (κ1) is 19.0. The fourth-order valence-electron chi connectivity index (χ4n) is 2.28. The van der Waals surface area contributed by atoms with Crippen LogP contribution in [0.2, 0.25) is 0 Å². The molecule has 0 atom stereocenters. The van der Waals surface area contributed by atoms with Crippen LogP contribution >= 0.6 is 0 Å². The average Bonchev–Trinajstić information content (AvgIpc) is 2.50. The van der Waals surface area contributed by atoms with E-state index < -0.39 is 10.0 Å². The van der Waals surface area contributed by atoms with Crippen LogP contribution in [0.1, 0.15) is 11.1 Å². The normalized spacial score (nSPS) is 11.4. The van der Waals surface area contributed by atoms with Crippen LogP contribution in [0.15, 0.2) is 47.4 Å². The molecule has 25 heavy (non-hydrogen) atoms. The Morgan fingerprint density at radius 1 is 1.00 bits per heavy atom. The summed E-state index contributed by atoms with van der Waals surface area (Å²) in [7, 11) is -0.0795. The quantitative estimate of drug-likeness (QED) is 0.829. The van der Waals surface area contributed by atoms with Crippen molar-refractivity contribution in [1.82, 2.24) is 4.90 Å². The number of hydrogen-bond acceptors (Lipinski definition) is 4. The zero-order valence-electron chi connectivity index (χ0n) is 14.8. The Morgan fingerprint density at radius 3 is 2.20 bits per heavy atom. The molecule has 0 aliphatic rings. The summed E-state index contributed by atoms with van der Waals surface area (Å²) in [5.74, 6) is -0.161. The molecule has 0 aromatic heterocycles. The number of nitrogens with one attached hydrogen (secondary N) is 2. The Labute approximate surface area is 148 Å². The standard InChI is InChI=1S/C18H23N3O3S/c1-13-8-10-15(11-9-13)25(23,24)20-17-7-5-6-16(14(17)2)19-18(22)12-21(3)4/h5-11,20H,12H2,1-4H3,(H,19,22). The van der Waals surface area contributed by atoms with Crippen LogP contribution < -0.4 is 10.0 Å². The molecule has 6 nitrogen and oxygen atoms in total. The summed E-state index contributed by atoms with van der Waals surface area (Å²) in [5, 5.41) is 2.80. The second-order valence-corrected chi connectivity index (χ2v) is 7.87. The monoisotopic (exact) mass is 361 g/mol. The van der Waals surface area contributed by atoms with Gasteiger partial charge in [0.15, 0.2) is 0 Å². The highest BCUT2D eigenvalue weighted by atomic mass is 32.2. The summed E-state index contributed by atoms with van der Waals surface area (Å²) in [6.07, 6.45) is 0. The number of hydrogen-bond donors (Lipinski definition) is 2. The maximum Gasteiger partial charge on any atom is 0.261 e. The smallest absolute Gasteiger partial charge is 0.261 e. The highest BCUT2D eigenvalue weighted by molar-refractivity contribution is 7.92. The van der Waals surface area contributed by atoms with E-state index in [1.807, 2.05) is 6.92 Å². The summed E-state index contributed by atoms with van der Waals surface area (Å²) >= 11 is 0. The Bertz CT molecular complexity index is 860. The van der Waals surface area contributed by atoms with Gasteiger partial charge in [-0.3, -0.25) is 9.52 Å². The van der Waals surface area contributed by atoms with Crippen molar-refractivity contribution >= 4 is 27.3 Å². The number of likely N-dealkylation sites (N-methyl/N-ethyl adjacent to an activating group) is 1. The third kappa shape index (κ3) is 5.04. The van der Waals surface area contributed by atoms with Gasteiger partial charge in [0.2, 0.25) is 5.91 Å². The van der Waals surface area contributed by atoms with Gasteiger partial charge >= 0.3 is 0 Å².